The van der Waals surface area contributed by atoms with Crippen molar-refractivity contribution in [2.45, 2.75) is 26.0 Å². The summed E-state index contributed by atoms with van der Waals surface area (Å²) >= 11 is 0. The van der Waals surface area contributed by atoms with Crippen molar-refractivity contribution in [2.75, 3.05) is 11.5 Å². The fraction of sp³-hybridized carbons (Fsp3) is 0.278. The first kappa shape index (κ1) is 16.9. The maximum absolute atomic E-state index is 13.7. The number of benzene rings is 1. The highest BCUT2D eigenvalue weighted by molar-refractivity contribution is 6.00. The van der Waals surface area contributed by atoms with Crippen molar-refractivity contribution >= 4 is 17.9 Å². The van der Waals surface area contributed by atoms with Crippen LogP contribution in [0.5, 0.6) is 0 Å². The van der Waals surface area contributed by atoms with Crippen molar-refractivity contribution in [3.05, 3.63) is 59.5 Å². The van der Waals surface area contributed by atoms with Gasteiger partial charge in [0.1, 0.15) is 18.8 Å². The van der Waals surface area contributed by atoms with Crippen LogP contribution in [-0.2, 0) is 16.1 Å². The summed E-state index contributed by atoms with van der Waals surface area (Å²) in [5, 5.41) is 0. The molecule has 2 aromatic rings. The van der Waals surface area contributed by atoms with Crippen LogP contribution in [-0.4, -0.2) is 29.2 Å². The van der Waals surface area contributed by atoms with Gasteiger partial charge in [-0.2, -0.15) is 4.39 Å². The molecule has 1 aromatic heterocycles. The summed E-state index contributed by atoms with van der Waals surface area (Å²) in [6.07, 6.45) is -0.680. The molecule has 1 fully saturated rings. The second-order valence-corrected chi connectivity index (χ2v) is 6.27. The average molecular weight is 344 g/mol. The van der Waals surface area contributed by atoms with Crippen molar-refractivity contribution in [3.8, 4) is 0 Å². The molecule has 6 nitrogen and oxygen atoms in total. The number of halogens is 1. The molecule has 0 radical (unpaired) electrons. The first-order valence-corrected chi connectivity index (χ1v) is 7.73. The minimum absolute atomic E-state index is 0.00394. The molecule has 1 aromatic carbocycles. The number of rotatable bonds is 4. The number of anilines is 1. The van der Waals surface area contributed by atoms with Crippen LogP contribution in [0.4, 0.5) is 15.0 Å². The van der Waals surface area contributed by atoms with Crippen LogP contribution in [0.2, 0.25) is 0 Å². The summed E-state index contributed by atoms with van der Waals surface area (Å²) in [7, 11) is 0. The molecule has 0 N–H and O–H groups in total. The predicted octanol–water partition coefficient (Wildman–Crippen LogP) is 3.31. The van der Waals surface area contributed by atoms with Gasteiger partial charge in [0.2, 0.25) is 5.95 Å². The van der Waals surface area contributed by atoms with Gasteiger partial charge in [0.05, 0.1) is 5.54 Å². The second kappa shape index (κ2) is 6.51. The Labute approximate surface area is 144 Å². The third-order valence-corrected chi connectivity index (χ3v) is 3.82. The highest BCUT2D eigenvalue weighted by atomic mass is 19.1. The topological polar surface area (TPSA) is 68.7 Å². The first-order valence-electron chi connectivity index (χ1n) is 7.73. The van der Waals surface area contributed by atoms with Crippen LogP contribution >= 0.6 is 0 Å². The normalized spacial score (nSPS) is 15.8. The number of cyclic esters (lactones) is 1. The van der Waals surface area contributed by atoms with Gasteiger partial charge >= 0.3 is 12.1 Å². The van der Waals surface area contributed by atoms with Crippen molar-refractivity contribution in [3.63, 3.8) is 0 Å². The van der Waals surface area contributed by atoms with Crippen LogP contribution in [0.1, 0.15) is 29.8 Å². The minimum atomic E-state index is -0.801. The standard InChI is InChI=1S/C18H17FN2O4/c1-18(2)11-25-17(23)21(18)15-13(8-9-14(19)20-15)16(22)24-10-12-6-4-3-5-7-12/h3-9H,10-11H2,1-2H3. The molecule has 25 heavy (non-hydrogen) atoms. The Hall–Kier alpha value is -2.96. The molecular formula is C18H17FN2O4. The Bertz CT molecular complexity index is 808. The van der Waals surface area contributed by atoms with Gasteiger partial charge in [-0.05, 0) is 31.5 Å². The average Bonchev–Trinajstić information content (AvgIpc) is 2.86. The van der Waals surface area contributed by atoms with E-state index < -0.39 is 23.5 Å². The number of aromatic nitrogens is 1. The van der Waals surface area contributed by atoms with Crippen molar-refractivity contribution in [1.29, 1.82) is 0 Å². The molecule has 3 rings (SSSR count). The van der Waals surface area contributed by atoms with E-state index in [2.05, 4.69) is 4.98 Å². The summed E-state index contributed by atoms with van der Waals surface area (Å²) in [6, 6.07) is 11.5. The maximum atomic E-state index is 13.7. The number of hydrogen-bond donors (Lipinski definition) is 0. The lowest BCUT2D eigenvalue weighted by Crippen LogP contribution is -2.43. The fourth-order valence-electron chi connectivity index (χ4n) is 2.54. The zero-order chi connectivity index (χ0) is 18.0. The molecule has 0 bridgehead atoms. The van der Waals surface area contributed by atoms with E-state index in [4.69, 9.17) is 9.47 Å². The van der Waals surface area contributed by atoms with Gasteiger partial charge in [-0.25, -0.2) is 14.6 Å². The highest BCUT2D eigenvalue weighted by Gasteiger charge is 2.43. The number of carbonyl (C=O) groups is 2. The van der Waals surface area contributed by atoms with Gasteiger partial charge in [-0.3, -0.25) is 4.90 Å². The van der Waals surface area contributed by atoms with E-state index in [-0.39, 0.29) is 24.6 Å². The van der Waals surface area contributed by atoms with Crippen LogP contribution < -0.4 is 4.90 Å². The van der Waals surface area contributed by atoms with E-state index in [1.165, 1.54) is 11.0 Å². The molecule has 0 aliphatic carbocycles. The molecule has 1 saturated heterocycles. The van der Waals surface area contributed by atoms with E-state index in [1.54, 1.807) is 13.8 Å². The fourth-order valence-corrected chi connectivity index (χ4v) is 2.54. The monoisotopic (exact) mass is 344 g/mol. The highest BCUT2D eigenvalue weighted by Crippen LogP contribution is 2.32. The molecular weight excluding hydrogens is 327 g/mol. The zero-order valence-electron chi connectivity index (χ0n) is 13.9. The minimum Gasteiger partial charge on any atom is -0.457 e. The summed E-state index contributed by atoms with van der Waals surface area (Å²) in [4.78, 5) is 29.4. The molecule has 130 valence electrons. The quantitative estimate of drug-likeness (QED) is 0.629. The van der Waals surface area contributed by atoms with Crippen LogP contribution in [0.15, 0.2) is 42.5 Å². The van der Waals surface area contributed by atoms with E-state index in [1.807, 2.05) is 30.3 Å². The van der Waals surface area contributed by atoms with E-state index in [0.717, 1.165) is 11.6 Å². The van der Waals surface area contributed by atoms with Gasteiger partial charge < -0.3 is 9.47 Å². The van der Waals surface area contributed by atoms with Crippen LogP contribution in [0.3, 0.4) is 0 Å². The predicted molar refractivity (Wildman–Crippen MR) is 87.7 cm³/mol. The van der Waals surface area contributed by atoms with E-state index >= 15 is 0 Å². The van der Waals surface area contributed by atoms with Gasteiger partial charge in [0, 0.05) is 0 Å². The summed E-state index contributed by atoms with van der Waals surface area (Å²) in [6.45, 7) is 3.65. The molecule has 0 atom stereocenters. The summed E-state index contributed by atoms with van der Waals surface area (Å²) < 4.78 is 23.9. The molecule has 7 heteroatoms. The Balaban J connectivity index is 1.89. The Morgan fingerprint density at radius 1 is 1.28 bits per heavy atom. The smallest absolute Gasteiger partial charge is 0.416 e. The summed E-state index contributed by atoms with van der Waals surface area (Å²) in [5.41, 5.74) is 0.0597. The molecule has 0 spiro atoms. The molecule has 0 unspecified atom stereocenters. The number of hydrogen-bond acceptors (Lipinski definition) is 5. The maximum Gasteiger partial charge on any atom is 0.416 e. The van der Waals surface area contributed by atoms with Gasteiger partial charge in [0.15, 0.2) is 5.82 Å². The van der Waals surface area contributed by atoms with E-state index in [9.17, 15) is 14.0 Å². The lowest BCUT2D eigenvalue weighted by molar-refractivity contribution is 0.0473. The number of ether oxygens (including phenoxy) is 2. The summed E-state index contributed by atoms with van der Waals surface area (Å²) in [5.74, 6) is -1.60. The Kier molecular flexibility index (Phi) is 4.39. The van der Waals surface area contributed by atoms with Crippen molar-refractivity contribution < 1.29 is 23.5 Å². The SMILES string of the molecule is CC1(C)COC(=O)N1c1nc(F)ccc1C(=O)OCc1ccccc1. The van der Waals surface area contributed by atoms with Gasteiger partial charge in [-0.1, -0.05) is 30.3 Å². The number of pyridine rings is 1. The molecule has 0 saturated carbocycles. The lowest BCUT2D eigenvalue weighted by atomic mass is 10.1. The second-order valence-electron chi connectivity index (χ2n) is 6.27. The molecule has 2 heterocycles. The molecule has 1 aliphatic rings. The number of esters is 1. The third-order valence-electron chi connectivity index (χ3n) is 3.82. The Morgan fingerprint density at radius 3 is 2.64 bits per heavy atom. The van der Waals surface area contributed by atoms with E-state index in [0.29, 0.717) is 0 Å². The lowest BCUT2D eigenvalue weighted by Gasteiger charge is -2.27. The van der Waals surface area contributed by atoms with Crippen molar-refractivity contribution in [1.82, 2.24) is 4.98 Å². The molecule has 1 amide bonds. The van der Waals surface area contributed by atoms with Crippen molar-refractivity contribution in [2.24, 2.45) is 0 Å². The zero-order valence-corrected chi connectivity index (χ0v) is 13.9. The first-order chi connectivity index (χ1) is 11.9. The van der Waals surface area contributed by atoms with Crippen LogP contribution in [0, 0.1) is 5.95 Å². The largest absolute Gasteiger partial charge is 0.457 e. The molecule has 1 aliphatic heterocycles. The third kappa shape index (κ3) is 3.45. The number of nitrogens with zero attached hydrogens (tertiary/aromatic N) is 2. The van der Waals surface area contributed by atoms with Gasteiger partial charge in [-0.15, -0.1) is 0 Å². The number of amides is 1. The number of carbonyl (C=O) groups excluding carboxylic acids is 2. The Morgan fingerprint density at radius 2 is 2.00 bits per heavy atom. The van der Waals surface area contributed by atoms with Gasteiger partial charge in [0.25, 0.3) is 0 Å². The van der Waals surface area contributed by atoms with Crippen LogP contribution in [0.25, 0.3) is 0 Å².